The Hall–Kier alpha value is -2.34. The van der Waals surface area contributed by atoms with E-state index in [1.54, 1.807) is 31.2 Å². The Labute approximate surface area is 167 Å². The average Bonchev–Trinajstić information content (AvgIpc) is 3.43. The third-order valence-electron chi connectivity index (χ3n) is 5.48. The highest BCUT2D eigenvalue weighted by Gasteiger charge is 2.51. The fourth-order valence-corrected chi connectivity index (χ4v) is 4.69. The van der Waals surface area contributed by atoms with Gasteiger partial charge in [-0.3, -0.25) is 9.52 Å². The molecule has 3 rings (SSSR count). The lowest BCUT2D eigenvalue weighted by Crippen LogP contribution is -2.39. The summed E-state index contributed by atoms with van der Waals surface area (Å²) in [5, 5.41) is 3.07. The van der Waals surface area contributed by atoms with Crippen molar-refractivity contribution in [2.75, 3.05) is 4.72 Å². The Morgan fingerprint density at radius 3 is 2.29 bits per heavy atom. The van der Waals surface area contributed by atoms with Crippen LogP contribution < -0.4 is 10.0 Å². The van der Waals surface area contributed by atoms with Gasteiger partial charge in [-0.25, -0.2) is 8.42 Å². The fourth-order valence-electron chi connectivity index (χ4n) is 3.40. The number of sulfonamides is 1. The normalized spacial score (nSPS) is 16.3. The molecule has 0 heterocycles. The van der Waals surface area contributed by atoms with Gasteiger partial charge in [0.2, 0.25) is 5.91 Å². The number of hydrogen-bond acceptors (Lipinski definition) is 3. The van der Waals surface area contributed by atoms with Gasteiger partial charge < -0.3 is 5.32 Å². The number of anilines is 1. The maximum atomic E-state index is 12.7. The molecule has 6 heteroatoms. The predicted molar refractivity (Wildman–Crippen MR) is 112 cm³/mol. The summed E-state index contributed by atoms with van der Waals surface area (Å²) in [7, 11) is -3.66. The number of benzene rings is 2. The zero-order valence-electron chi connectivity index (χ0n) is 16.9. The number of nitrogens with one attached hydrogen (secondary N) is 2. The van der Waals surface area contributed by atoms with Crippen LogP contribution in [0.3, 0.4) is 0 Å². The number of carbonyl (C=O) groups is 1. The van der Waals surface area contributed by atoms with Crippen LogP contribution in [0.15, 0.2) is 47.4 Å². The first-order valence-electron chi connectivity index (χ1n) is 9.69. The van der Waals surface area contributed by atoms with E-state index in [1.165, 1.54) is 0 Å². The molecule has 2 aromatic carbocycles. The molecule has 0 bridgehead atoms. The molecule has 2 aromatic rings. The molecule has 2 N–H and O–H groups in total. The second-order valence-corrected chi connectivity index (χ2v) is 9.47. The molecular formula is C22H28N2O3S. The minimum absolute atomic E-state index is 0.0606. The first-order valence-corrected chi connectivity index (χ1v) is 11.2. The number of carbonyl (C=O) groups excluding carboxylic acids is 1. The first kappa shape index (κ1) is 20.4. The van der Waals surface area contributed by atoms with E-state index in [-0.39, 0.29) is 16.8 Å². The lowest BCUT2D eigenvalue weighted by molar-refractivity contribution is -0.124. The van der Waals surface area contributed by atoms with Gasteiger partial charge in [-0.05, 0) is 69.4 Å². The maximum absolute atomic E-state index is 12.7. The Bertz CT molecular complexity index is 977. The summed E-state index contributed by atoms with van der Waals surface area (Å²) in [6.07, 6.45) is 2.53. The van der Waals surface area contributed by atoms with E-state index < -0.39 is 15.4 Å². The third kappa shape index (κ3) is 4.07. The van der Waals surface area contributed by atoms with E-state index >= 15 is 0 Å². The number of aryl methyl sites for hydroxylation is 2. The monoisotopic (exact) mass is 400 g/mol. The van der Waals surface area contributed by atoms with Crippen molar-refractivity contribution in [3.63, 3.8) is 0 Å². The first-order chi connectivity index (χ1) is 13.2. The summed E-state index contributed by atoms with van der Waals surface area (Å²) >= 11 is 0. The van der Waals surface area contributed by atoms with Crippen molar-refractivity contribution in [1.29, 1.82) is 0 Å². The van der Waals surface area contributed by atoms with Crippen LogP contribution in [0.25, 0.3) is 0 Å². The molecule has 0 radical (unpaired) electrons. The van der Waals surface area contributed by atoms with Gasteiger partial charge in [0.25, 0.3) is 10.0 Å². The summed E-state index contributed by atoms with van der Waals surface area (Å²) in [5.74, 6) is 0.0606. The summed E-state index contributed by atoms with van der Waals surface area (Å²) in [6, 6.07) is 12.6. The third-order valence-corrected chi connectivity index (χ3v) is 7.03. The minimum Gasteiger partial charge on any atom is -0.353 e. The van der Waals surface area contributed by atoms with Crippen LogP contribution in [0, 0.1) is 13.8 Å². The van der Waals surface area contributed by atoms with E-state index in [0.717, 1.165) is 30.4 Å². The van der Waals surface area contributed by atoms with Gasteiger partial charge in [-0.15, -0.1) is 0 Å². The van der Waals surface area contributed by atoms with Gasteiger partial charge in [0.1, 0.15) is 0 Å². The molecule has 1 fully saturated rings. The Morgan fingerprint density at radius 2 is 1.75 bits per heavy atom. The molecular weight excluding hydrogens is 372 g/mol. The number of rotatable bonds is 7. The lowest BCUT2D eigenvalue weighted by Gasteiger charge is -2.19. The van der Waals surface area contributed by atoms with E-state index in [4.69, 9.17) is 0 Å². The quantitative estimate of drug-likeness (QED) is 0.736. The second-order valence-electron chi connectivity index (χ2n) is 7.82. The van der Waals surface area contributed by atoms with Crippen LogP contribution in [-0.2, 0) is 20.2 Å². The van der Waals surface area contributed by atoms with Crippen LogP contribution in [-0.4, -0.2) is 20.4 Å². The van der Waals surface area contributed by atoms with Crippen molar-refractivity contribution in [3.8, 4) is 0 Å². The summed E-state index contributed by atoms with van der Waals surface area (Å²) < 4.78 is 28.1. The Balaban J connectivity index is 1.77. The molecule has 1 aliphatic rings. The highest BCUT2D eigenvalue weighted by atomic mass is 32.2. The van der Waals surface area contributed by atoms with Gasteiger partial charge in [-0.2, -0.15) is 0 Å². The van der Waals surface area contributed by atoms with Crippen LogP contribution in [0.5, 0.6) is 0 Å². The molecule has 5 nitrogen and oxygen atoms in total. The molecule has 0 unspecified atom stereocenters. The minimum atomic E-state index is -3.66. The van der Waals surface area contributed by atoms with Crippen molar-refractivity contribution in [2.24, 2.45) is 0 Å². The summed E-state index contributed by atoms with van der Waals surface area (Å²) in [4.78, 5) is 12.9. The van der Waals surface area contributed by atoms with Crippen LogP contribution in [0.1, 0.15) is 49.8 Å². The van der Waals surface area contributed by atoms with Crippen molar-refractivity contribution < 1.29 is 13.2 Å². The van der Waals surface area contributed by atoms with Crippen molar-refractivity contribution in [3.05, 3.63) is 59.2 Å². The molecule has 1 amide bonds. The van der Waals surface area contributed by atoms with Gasteiger partial charge in [-0.1, -0.05) is 36.8 Å². The van der Waals surface area contributed by atoms with Crippen molar-refractivity contribution in [2.45, 2.75) is 63.3 Å². The average molecular weight is 401 g/mol. The summed E-state index contributed by atoms with van der Waals surface area (Å²) in [6.45, 7) is 7.76. The molecule has 0 aromatic heterocycles. The molecule has 1 atom stereocenters. The largest absolute Gasteiger partial charge is 0.353 e. The van der Waals surface area contributed by atoms with E-state index in [1.807, 2.05) is 39.0 Å². The summed E-state index contributed by atoms with van der Waals surface area (Å²) in [5.41, 5.74) is 2.69. The molecule has 0 spiro atoms. The zero-order valence-corrected chi connectivity index (χ0v) is 17.7. The van der Waals surface area contributed by atoms with Gasteiger partial charge in [0.05, 0.1) is 10.3 Å². The molecule has 28 heavy (non-hydrogen) atoms. The molecule has 0 aliphatic heterocycles. The zero-order chi connectivity index (χ0) is 20.5. The standard InChI is InChI=1S/C22H28N2O3S/c1-5-17(4)23-21(25)22(12-13-22)18-7-9-19(10-8-18)24-28(26,27)20-11-6-15(2)14-16(20)3/h6-11,14,17,24H,5,12-13H2,1-4H3,(H,23,25)/t17-/m0/s1. The molecule has 150 valence electrons. The molecule has 1 saturated carbocycles. The molecule has 0 saturated heterocycles. The maximum Gasteiger partial charge on any atom is 0.262 e. The van der Waals surface area contributed by atoms with Crippen molar-refractivity contribution >= 4 is 21.6 Å². The van der Waals surface area contributed by atoms with Crippen LogP contribution in [0.2, 0.25) is 0 Å². The van der Waals surface area contributed by atoms with E-state index in [2.05, 4.69) is 10.0 Å². The smallest absolute Gasteiger partial charge is 0.262 e. The topological polar surface area (TPSA) is 75.3 Å². The second kappa shape index (κ2) is 7.59. The SMILES string of the molecule is CC[C@H](C)NC(=O)C1(c2ccc(NS(=O)(=O)c3ccc(C)cc3C)cc2)CC1. The van der Waals surface area contributed by atoms with Gasteiger partial charge in [0.15, 0.2) is 0 Å². The number of amides is 1. The van der Waals surface area contributed by atoms with Crippen LogP contribution >= 0.6 is 0 Å². The fraction of sp³-hybridized carbons (Fsp3) is 0.409. The van der Waals surface area contributed by atoms with E-state index in [9.17, 15) is 13.2 Å². The predicted octanol–water partition coefficient (Wildman–Crippen LogP) is 4.05. The Kier molecular flexibility index (Phi) is 5.53. The molecule has 1 aliphatic carbocycles. The van der Waals surface area contributed by atoms with E-state index in [0.29, 0.717) is 11.3 Å². The van der Waals surface area contributed by atoms with Crippen molar-refractivity contribution in [1.82, 2.24) is 5.32 Å². The Morgan fingerprint density at radius 1 is 1.11 bits per heavy atom. The highest BCUT2D eigenvalue weighted by Crippen LogP contribution is 2.48. The number of hydrogen-bond donors (Lipinski definition) is 2. The lowest BCUT2D eigenvalue weighted by atomic mass is 9.94. The highest BCUT2D eigenvalue weighted by molar-refractivity contribution is 7.92. The van der Waals surface area contributed by atoms with Gasteiger partial charge in [0, 0.05) is 11.7 Å². The van der Waals surface area contributed by atoms with Gasteiger partial charge >= 0.3 is 0 Å². The van der Waals surface area contributed by atoms with Crippen LogP contribution in [0.4, 0.5) is 5.69 Å².